The second-order valence-electron chi connectivity index (χ2n) is 10.2. The fraction of sp³-hybridized carbons (Fsp3) is 0.423. The predicted octanol–water partition coefficient (Wildman–Crippen LogP) is 4.20. The molecule has 2 aromatic heterocycles. The van der Waals surface area contributed by atoms with E-state index in [0.29, 0.717) is 0 Å². The Hall–Kier alpha value is -3.42. The first-order chi connectivity index (χ1) is 16.4. The maximum atomic E-state index is 13.7. The summed E-state index contributed by atoms with van der Waals surface area (Å²) in [4.78, 5) is 23.2. The van der Waals surface area contributed by atoms with Gasteiger partial charge in [0.15, 0.2) is 5.65 Å². The molecule has 3 aliphatic rings. The number of halogens is 1. The van der Waals surface area contributed by atoms with Gasteiger partial charge in [-0.1, -0.05) is 0 Å². The Morgan fingerprint density at radius 3 is 2.62 bits per heavy atom. The second-order valence-corrected chi connectivity index (χ2v) is 10.2. The third kappa shape index (κ3) is 3.43. The lowest BCUT2D eigenvalue weighted by Crippen LogP contribution is -2.39. The molecule has 1 amide bonds. The molecule has 3 aromatic rings. The van der Waals surface area contributed by atoms with Crippen LogP contribution in [0.2, 0.25) is 0 Å². The van der Waals surface area contributed by atoms with Crippen molar-refractivity contribution in [1.29, 1.82) is 0 Å². The second kappa shape index (κ2) is 7.82. The molecular weight excluding hydrogens is 431 g/mol. The van der Waals surface area contributed by atoms with E-state index in [1.807, 2.05) is 38.5 Å². The number of hydrogen-bond acceptors (Lipinski definition) is 5. The number of aromatic nitrogens is 3. The fourth-order valence-electron chi connectivity index (χ4n) is 6.08. The third-order valence-corrected chi connectivity index (χ3v) is 7.83. The summed E-state index contributed by atoms with van der Waals surface area (Å²) >= 11 is 0. The molecule has 2 fully saturated rings. The van der Waals surface area contributed by atoms with Gasteiger partial charge in [0.25, 0.3) is 0 Å². The van der Waals surface area contributed by atoms with Crippen LogP contribution >= 0.6 is 0 Å². The molecule has 8 heteroatoms. The van der Waals surface area contributed by atoms with E-state index in [4.69, 9.17) is 0 Å². The van der Waals surface area contributed by atoms with E-state index in [-0.39, 0.29) is 29.2 Å². The van der Waals surface area contributed by atoms with E-state index in [9.17, 15) is 9.18 Å². The molecule has 0 bridgehead atoms. The summed E-state index contributed by atoms with van der Waals surface area (Å²) in [6.45, 7) is 0.958. The van der Waals surface area contributed by atoms with Crippen LogP contribution in [-0.4, -0.2) is 50.9 Å². The number of amides is 1. The molecule has 7 nitrogen and oxygen atoms in total. The normalized spacial score (nSPS) is 26.3. The zero-order valence-electron chi connectivity index (χ0n) is 19.6. The highest BCUT2D eigenvalue weighted by Gasteiger charge is 2.49. The van der Waals surface area contributed by atoms with Crippen LogP contribution < -0.4 is 4.90 Å². The number of allylic oxidation sites excluding steroid dienone is 1. The minimum Gasteiger partial charge on any atom is -0.349 e. The van der Waals surface area contributed by atoms with Crippen LogP contribution in [0.3, 0.4) is 0 Å². The first-order valence-corrected chi connectivity index (χ1v) is 11.9. The molecule has 1 saturated carbocycles. The fourth-order valence-corrected chi connectivity index (χ4v) is 6.08. The molecule has 1 unspecified atom stereocenters. The van der Waals surface area contributed by atoms with Gasteiger partial charge in [0.2, 0.25) is 5.91 Å². The van der Waals surface area contributed by atoms with E-state index < -0.39 is 0 Å². The molecule has 4 heterocycles. The number of pyridine rings is 1. The van der Waals surface area contributed by atoms with Crippen molar-refractivity contribution in [1.82, 2.24) is 24.4 Å². The highest BCUT2D eigenvalue weighted by Crippen LogP contribution is 2.54. The van der Waals surface area contributed by atoms with E-state index in [0.717, 1.165) is 55.5 Å². The van der Waals surface area contributed by atoms with Crippen molar-refractivity contribution in [3.63, 3.8) is 0 Å². The van der Waals surface area contributed by atoms with Crippen molar-refractivity contribution in [2.45, 2.75) is 38.3 Å². The van der Waals surface area contributed by atoms with Crippen molar-refractivity contribution in [2.75, 3.05) is 25.5 Å². The number of hydrogen-bond donors (Lipinski definition) is 0. The number of benzene rings is 1. The quantitative estimate of drug-likeness (QED) is 0.586. The van der Waals surface area contributed by atoms with Crippen LogP contribution in [0, 0.1) is 17.2 Å². The van der Waals surface area contributed by atoms with Gasteiger partial charge in [0.1, 0.15) is 18.3 Å². The minimum atomic E-state index is -0.236. The molecular formula is C26H29FN6O. The maximum absolute atomic E-state index is 13.7. The standard InChI is InChI=1S/C26H29FN6O/c1-30(2)25(34)18-9-11-26(12-10-18)13-22-15-31(21-6-4-20(27)5-7-21)24(32(22)16-26)19-3-8-23-28-17-29-33(23)14-19/h3-8,14-15,17-18,24H,9-13,16H2,1-2H3. The topological polar surface area (TPSA) is 57.0 Å². The zero-order chi connectivity index (χ0) is 23.4. The van der Waals surface area contributed by atoms with Gasteiger partial charge in [-0.25, -0.2) is 13.9 Å². The Labute approximate surface area is 198 Å². The Bertz CT molecular complexity index is 1260. The highest BCUT2D eigenvalue weighted by molar-refractivity contribution is 5.78. The summed E-state index contributed by atoms with van der Waals surface area (Å²) in [6, 6.07) is 10.8. The molecule has 1 spiro atoms. The smallest absolute Gasteiger partial charge is 0.225 e. The SMILES string of the molecule is CN(C)C(=O)C1CCC2(CC1)CC1=CN(c3ccc(F)cc3)C(c3ccc4ncnn4c3)N1C2. The molecule has 1 aliphatic carbocycles. The van der Waals surface area contributed by atoms with Gasteiger partial charge in [0, 0.05) is 55.9 Å². The van der Waals surface area contributed by atoms with Crippen molar-refractivity contribution in [3.8, 4) is 0 Å². The van der Waals surface area contributed by atoms with Crippen LogP contribution in [0.4, 0.5) is 10.1 Å². The summed E-state index contributed by atoms with van der Waals surface area (Å²) in [5, 5.41) is 4.33. The lowest BCUT2D eigenvalue weighted by atomic mass is 9.69. The van der Waals surface area contributed by atoms with Gasteiger partial charge >= 0.3 is 0 Å². The summed E-state index contributed by atoms with van der Waals surface area (Å²) in [6.07, 6.45) is 10.9. The number of anilines is 1. The molecule has 1 saturated heterocycles. The average Bonchev–Trinajstić information content (AvgIpc) is 3.52. The summed E-state index contributed by atoms with van der Waals surface area (Å²) < 4.78 is 15.5. The molecule has 6 rings (SSSR count). The van der Waals surface area contributed by atoms with Gasteiger partial charge in [-0.3, -0.25) is 4.79 Å². The molecule has 0 radical (unpaired) electrons. The lowest BCUT2D eigenvalue weighted by Gasteiger charge is -2.39. The lowest BCUT2D eigenvalue weighted by molar-refractivity contribution is -0.134. The van der Waals surface area contributed by atoms with Gasteiger partial charge in [-0.05, 0) is 73.9 Å². The molecule has 0 N–H and O–H groups in total. The summed E-state index contributed by atoms with van der Waals surface area (Å²) in [5.74, 6) is 0.167. The predicted molar refractivity (Wildman–Crippen MR) is 127 cm³/mol. The first kappa shape index (κ1) is 21.1. The van der Waals surface area contributed by atoms with E-state index in [2.05, 4.69) is 32.1 Å². The Kier molecular flexibility index (Phi) is 4.86. The number of carbonyl (C=O) groups excluding carboxylic acids is 1. The van der Waals surface area contributed by atoms with Crippen molar-refractivity contribution < 1.29 is 9.18 Å². The summed E-state index contributed by atoms with van der Waals surface area (Å²) in [7, 11) is 3.70. The molecule has 2 aliphatic heterocycles. The minimum absolute atomic E-state index is 0.0328. The van der Waals surface area contributed by atoms with Gasteiger partial charge in [0.05, 0.1) is 0 Å². The summed E-state index contributed by atoms with van der Waals surface area (Å²) in [5.41, 5.74) is 4.40. The van der Waals surface area contributed by atoms with Crippen molar-refractivity contribution in [2.24, 2.45) is 11.3 Å². The van der Waals surface area contributed by atoms with Gasteiger partial charge in [-0.15, -0.1) is 0 Å². The van der Waals surface area contributed by atoms with Crippen LogP contribution in [0.5, 0.6) is 0 Å². The van der Waals surface area contributed by atoms with Gasteiger partial charge in [-0.2, -0.15) is 5.10 Å². The Balaban J connectivity index is 1.32. The molecule has 1 aromatic carbocycles. The molecule has 34 heavy (non-hydrogen) atoms. The van der Waals surface area contributed by atoms with Crippen LogP contribution in [0.1, 0.15) is 43.8 Å². The largest absolute Gasteiger partial charge is 0.349 e. The maximum Gasteiger partial charge on any atom is 0.225 e. The van der Waals surface area contributed by atoms with E-state index in [1.54, 1.807) is 15.7 Å². The zero-order valence-corrected chi connectivity index (χ0v) is 19.6. The Morgan fingerprint density at radius 1 is 1.12 bits per heavy atom. The molecule has 176 valence electrons. The number of nitrogens with zero attached hydrogens (tertiary/aromatic N) is 6. The van der Waals surface area contributed by atoms with Crippen molar-refractivity contribution in [3.05, 3.63) is 72.2 Å². The first-order valence-electron chi connectivity index (χ1n) is 11.9. The highest BCUT2D eigenvalue weighted by atomic mass is 19.1. The average molecular weight is 461 g/mol. The van der Waals surface area contributed by atoms with Crippen LogP contribution in [0.15, 0.2) is 60.8 Å². The van der Waals surface area contributed by atoms with Crippen LogP contribution in [0.25, 0.3) is 5.65 Å². The monoisotopic (exact) mass is 460 g/mol. The van der Waals surface area contributed by atoms with Crippen molar-refractivity contribution >= 4 is 17.2 Å². The number of carbonyl (C=O) groups is 1. The Morgan fingerprint density at radius 2 is 1.88 bits per heavy atom. The van der Waals surface area contributed by atoms with Gasteiger partial charge < -0.3 is 14.7 Å². The van der Waals surface area contributed by atoms with Crippen LogP contribution in [-0.2, 0) is 4.79 Å². The van der Waals surface area contributed by atoms with E-state index >= 15 is 0 Å². The third-order valence-electron chi connectivity index (χ3n) is 7.83. The van der Waals surface area contributed by atoms with E-state index in [1.165, 1.54) is 17.8 Å². The molecule has 1 atom stereocenters. The number of rotatable bonds is 3. The number of fused-ring (bicyclic) bond motifs is 2.